The SMILES string of the molecule is CN(C)c1nccnc1OC1CCCN(C(=O)CCc2ccccc2)C1. The standard InChI is InChI=1S/C20H26N4O2/c1-23(2)19-20(22-13-12-21-19)26-17-9-6-14-24(15-17)18(25)11-10-16-7-4-3-5-8-16/h3-5,7-8,12-13,17H,6,9-11,14-15H2,1-2H3. The van der Waals surface area contributed by atoms with E-state index in [1.54, 1.807) is 12.4 Å². The Kier molecular flexibility index (Phi) is 6.04. The van der Waals surface area contributed by atoms with E-state index in [1.807, 2.05) is 42.1 Å². The lowest BCUT2D eigenvalue weighted by molar-refractivity contribution is -0.133. The van der Waals surface area contributed by atoms with Crippen molar-refractivity contribution in [3.05, 3.63) is 48.3 Å². The molecule has 2 heterocycles. The molecule has 1 amide bonds. The number of hydrogen-bond donors (Lipinski definition) is 0. The second-order valence-electron chi connectivity index (χ2n) is 6.79. The van der Waals surface area contributed by atoms with Gasteiger partial charge in [0.1, 0.15) is 6.10 Å². The monoisotopic (exact) mass is 354 g/mol. The first-order valence-corrected chi connectivity index (χ1v) is 9.10. The molecule has 1 atom stereocenters. The van der Waals surface area contributed by atoms with Gasteiger partial charge in [-0.3, -0.25) is 4.79 Å². The van der Waals surface area contributed by atoms with Gasteiger partial charge in [-0.2, -0.15) is 0 Å². The summed E-state index contributed by atoms with van der Waals surface area (Å²) >= 11 is 0. The molecule has 1 aromatic carbocycles. The fourth-order valence-corrected chi connectivity index (χ4v) is 3.18. The van der Waals surface area contributed by atoms with E-state index >= 15 is 0 Å². The molecule has 1 fully saturated rings. The summed E-state index contributed by atoms with van der Waals surface area (Å²) in [6, 6.07) is 10.1. The topological polar surface area (TPSA) is 58.6 Å². The van der Waals surface area contributed by atoms with Crippen molar-refractivity contribution in [3.8, 4) is 5.88 Å². The summed E-state index contributed by atoms with van der Waals surface area (Å²) in [5.41, 5.74) is 1.20. The van der Waals surface area contributed by atoms with Crippen LogP contribution in [0.25, 0.3) is 0 Å². The number of aryl methyl sites for hydroxylation is 1. The molecule has 1 aromatic heterocycles. The van der Waals surface area contributed by atoms with Crippen LogP contribution in [0.1, 0.15) is 24.8 Å². The number of carbonyl (C=O) groups is 1. The van der Waals surface area contributed by atoms with Crippen molar-refractivity contribution in [3.63, 3.8) is 0 Å². The van der Waals surface area contributed by atoms with E-state index in [2.05, 4.69) is 22.1 Å². The number of carbonyl (C=O) groups excluding carboxylic acids is 1. The minimum absolute atomic E-state index is 0.0418. The van der Waals surface area contributed by atoms with Crippen molar-refractivity contribution in [2.75, 3.05) is 32.1 Å². The van der Waals surface area contributed by atoms with Gasteiger partial charge in [0.25, 0.3) is 5.88 Å². The van der Waals surface area contributed by atoms with Crippen LogP contribution in [-0.4, -0.2) is 54.1 Å². The van der Waals surface area contributed by atoms with Crippen LogP contribution >= 0.6 is 0 Å². The van der Waals surface area contributed by atoms with Crippen molar-refractivity contribution in [2.45, 2.75) is 31.8 Å². The zero-order valence-electron chi connectivity index (χ0n) is 15.5. The molecule has 138 valence electrons. The number of anilines is 1. The van der Waals surface area contributed by atoms with Crippen LogP contribution in [0.5, 0.6) is 5.88 Å². The Bertz CT molecular complexity index is 721. The lowest BCUT2D eigenvalue weighted by Gasteiger charge is -2.33. The third kappa shape index (κ3) is 4.71. The third-order valence-corrected chi connectivity index (χ3v) is 4.55. The number of piperidine rings is 1. The van der Waals surface area contributed by atoms with Crippen LogP contribution < -0.4 is 9.64 Å². The molecule has 0 saturated carbocycles. The highest BCUT2D eigenvalue weighted by Gasteiger charge is 2.26. The number of rotatable bonds is 6. The van der Waals surface area contributed by atoms with E-state index in [-0.39, 0.29) is 12.0 Å². The largest absolute Gasteiger partial charge is 0.470 e. The average Bonchev–Trinajstić information content (AvgIpc) is 2.67. The molecule has 6 nitrogen and oxygen atoms in total. The molecule has 26 heavy (non-hydrogen) atoms. The van der Waals surface area contributed by atoms with Gasteiger partial charge in [-0.15, -0.1) is 0 Å². The van der Waals surface area contributed by atoms with E-state index in [0.29, 0.717) is 24.7 Å². The van der Waals surface area contributed by atoms with Gasteiger partial charge in [-0.25, -0.2) is 9.97 Å². The number of likely N-dealkylation sites (tertiary alicyclic amines) is 1. The predicted molar refractivity (Wildman–Crippen MR) is 101 cm³/mol. The lowest BCUT2D eigenvalue weighted by atomic mass is 10.1. The van der Waals surface area contributed by atoms with Crippen LogP contribution in [0, 0.1) is 0 Å². The fourth-order valence-electron chi connectivity index (χ4n) is 3.18. The van der Waals surface area contributed by atoms with Crippen molar-refractivity contribution in [1.82, 2.24) is 14.9 Å². The number of hydrogen-bond acceptors (Lipinski definition) is 5. The Hall–Kier alpha value is -2.63. The molecule has 3 rings (SSSR count). The maximum Gasteiger partial charge on any atom is 0.257 e. The van der Waals surface area contributed by atoms with E-state index in [9.17, 15) is 4.79 Å². The highest BCUT2D eigenvalue weighted by atomic mass is 16.5. The number of amides is 1. The van der Waals surface area contributed by atoms with Gasteiger partial charge < -0.3 is 14.5 Å². The molecule has 1 aliphatic rings. The summed E-state index contributed by atoms with van der Waals surface area (Å²) in [7, 11) is 3.83. The zero-order chi connectivity index (χ0) is 18.4. The molecule has 1 unspecified atom stereocenters. The third-order valence-electron chi connectivity index (χ3n) is 4.55. The van der Waals surface area contributed by atoms with E-state index in [1.165, 1.54) is 5.56 Å². The Morgan fingerprint density at radius 1 is 1.23 bits per heavy atom. The number of nitrogens with zero attached hydrogens (tertiary/aromatic N) is 4. The van der Waals surface area contributed by atoms with Gasteiger partial charge in [0, 0.05) is 39.5 Å². The zero-order valence-corrected chi connectivity index (χ0v) is 15.5. The van der Waals surface area contributed by atoms with Crippen LogP contribution in [0.2, 0.25) is 0 Å². The molecule has 2 aromatic rings. The second-order valence-corrected chi connectivity index (χ2v) is 6.79. The number of benzene rings is 1. The van der Waals surface area contributed by atoms with Crippen LogP contribution in [-0.2, 0) is 11.2 Å². The quantitative estimate of drug-likeness (QED) is 0.798. The maximum atomic E-state index is 12.6. The minimum atomic E-state index is -0.0418. The molecule has 0 spiro atoms. The highest BCUT2D eigenvalue weighted by molar-refractivity contribution is 5.76. The smallest absolute Gasteiger partial charge is 0.257 e. The summed E-state index contributed by atoms with van der Waals surface area (Å²) < 4.78 is 6.08. The summed E-state index contributed by atoms with van der Waals surface area (Å²) in [5, 5.41) is 0. The Morgan fingerprint density at radius 3 is 2.77 bits per heavy atom. The van der Waals surface area contributed by atoms with E-state index in [4.69, 9.17) is 4.74 Å². The highest BCUT2D eigenvalue weighted by Crippen LogP contribution is 2.24. The first-order chi connectivity index (χ1) is 12.6. The van der Waals surface area contributed by atoms with Crippen molar-refractivity contribution < 1.29 is 9.53 Å². The lowest BCUT2D eigenvalue weighted by Crippen LogP contribution is -2.44. The molecule has 0 radical (unpaired) electrons. The molecule has 1 aliphatic heterocycles. The molecular formula is C20H26N4O2. The van der Waals surface area contributed by atoms with Gasteiger partial charge in [-0.05, 0) is 24.8 Å². The molecule has 0 bridgehead atoms. The average molecular weight is 354 g/mol. The number of ether oxygens (including phenoxy) is 1. The summed E-state index contributed by atoms with van der Waals surface area (Å²) in [4.78, 5) is 25.0. The molecule has 1 saturated heterocycles. The fraction of sp³-hybridized carbons (Fsp3) is 0.450. The van der Waals surface area contributed by atoms with Gasteiger partial charge in [0.2, 0.25) is 5.91 Å². The van der Waals surface area contributed by atoms with Gasteiger partial charge in [0.15, 0.2) is 5.82 Å². The van der Waals surface area contributed by atoms with Crippen LogP contribution in [0.3, 0.4) is 0 Å². The minimum Gasteiger partial charge on any atom is -0.470 e. The number of aromatic nitrogens is 2. The molecule has 0 N–H and O–H groups in total. The van der Waals surface area contributed by atoms with Crippen LogP contribution in [0.4, 0.5) is 5.82 Å². The summed E-state index contributed by atoms with van der Waals surface area (Å²) in [6.07, 6.45) is 6.42. The predicted octanol–water partition coefficient (Wildman–Crippen LogP) is 2.55. The Morgan fingerprint density at radius 2 is 2.00 bits per heavy atom. The summed E-state index contributed by atoms with van der Waals surface area (Å²) in [6.45, 7) is 1.41. The van der Waals surface area contributed by atoms with Crippen molar-refractivity contribution in [2.24, 2.45) is 0 Å². The van der Waals surface area contributed by atoms with Gasteiger partial charge >= 0.3 is 0 Å². The van der Waals surface area contributed by atoms with Crippen molar-refractivity contribution in [1.29, 1.82) is 0 Å². The van der Waals surface area contributed by atoms with Gasteiger partial charge in [-0.1, -0.05) is 30.3 Å². The first kappa shape index (κ1) is 18.2. The summed E-state index contributed by atoms with van der Waals surface area (Å²) in [5.74, 6) is 1.43. The first-order valence-electron chi connectivity index (χ1n) is 9.10. The second kappa shape index (κ2) is 8.65. The van der Waals surface area contributed by atoms with Crippen molar-refractivity contribution >= 4 is 11.7 Å². The molecule has 6 heteroatoms. The van der Waals surface area contributed by atoms with E-state index in [0.717, 1.165) is 25.8 Å². The van der Waals surface area contributed by atoms with Crippen LogP contribution in [0.15, 0.2) is 42.7 Å². The van der Waals surface area contributed by atoms with Gasteiger partial charge in [0.05, 0.1) is 6.54 Å². The Balaban J connectivity index is 1.56. The molecular weight excluding hydrogens is 328 g/mol. The maximum absolute atomic E-state index is 12.6. The molecule has 0 aliphatic carbocycles. The Labute approximate surface area is 154 Å². The van der Waals surface area contributed by atoms with E-state index < -0.39 is 0 Å². The normalized spacial score (nSPS) is 17.0.